The number of nitrogens with zero attached hydrogens (tertiary/aromatic N) is 3. The number of hydrogen-bond acceptors (Lipinski definition) is 3. The van der Waals surface area contributed by atoms with Crippen LogP contribution in [0.5, 0.6) is 0 Å². The summed E-state index contributed by atoms with van der Waals surface area (Å²) in [5, 5.41) is 0. The zero-order chi connectivity index (χ0) is 21.9. The van der Waals surface area contributed by atoms with E-state index in [0.29, 0.717) is 35.8 Å². The van der Waals surface area contributed by atoms with Crippen LogP contribution in [0, 0.1) is 23.7 Å². The molecule has 5 rings (SSSR count). The van der Waals surface area contributed by atoms with Crippen molar-refractivity contribution in [3.8, 4) is 0 Å². The van der Waals surface area contributed by atoms with Crippen LogP contribution < -0.4 is 0 Å². The molecular weight excluding hydrogens is 390 g/mol. The molecule has 2 saturated carbocycles. The van der Waals surface area contributed by atoms with Gasteiger partial charge in [-0.3, -0.25) is 9.98 Å². The molecule has 1 aromatic rings. The Hall–Kier alpha value is -2.55. The molecule has 32 heavy (non-hydrogen) atoms. The molecule has 0 radical (unpaired) electrons. The number of hydrogen-bond donors (Lipinski definition) is 0. The number of aliphatic imine (C=N–C) groups is 2. The second-order valence-electron chi connectivity index (χ2n) is 9.86. The van der Waals surface area contributed by atoms with Crippen molar-refractivity contribution >= 4 is 11.4 Å². The predicted molar refractivity (Wildman–Crippen MR) is 134 cm³/mol. The van der Waals surface area contributed by atoms with Crippen molar-refractivity contribution in [1.29, 1.82) is 0 Å². The second kappa shape index (κ2) is 9.52. The first kappa shape index (κ1) is 21.3. The second-order valence-corrected chi connectivity index (χ2v) is 9.86. The Balaban J connectivity index is 1.35. The van der Waals surface area contributed by atoms with Gasteiger partial charge in [0.1, 0.15) is 0 Å². The fourth-order valence-electron chi connectivity index (χ4n) is 6.02. The highest BCUT2D eigenvalue weighted by Gasteiger charge is 2.32. The van der Waals surface area contributed by atoms with Crippen molar-refractivity contribution < 1.29 is 0 Å². The Morgan fingerprint density at radius 1 is 0.688 bits per heavy atom. The monoisotopic (exact) mass is 425 g/mol. The highest BCUT2D eigenvalue weighted by atomic mass is 14.9. The first-order valence-electron chi connectivity index (χ1n) is 12.5. The molecule has 4 aliphatic rings. The van der Waals surface area contributed by atoms with Gasteiger partial charge in [-0.15, -0.1) is 0 Å². The van der Waals surface area contributed by atoms with Gasteiger partial charge in [0.2, 0.25) is 0 Å². The summed E-state index contributed by atoms with van der Waals surface area (Å²) in [5.74, 6) is 2.36. The van der Waals surface area contributed by atoms with Gasteiger partial charge in [0.25, 0.3) is 0 Å². The van der Waals surface area contributed by atoms with Crippen LogP contribution in [0.25, 0.3) is 0 Å². The van der Waals surface area contributed by atoms with E-state index >= 15 is 0 Å². The first-order valence-corrected chi connectivity index (χ1v) is 12.5. The van der Waals surface area contributed by atoms with E-state index in [0.717, 1.165) is 22.8 Å². The zero-order valence-electron chi connectivity index (χ0n) is 19.4. The average Bonchev–Trinajstić information content (AvgIpc) is 2.84. The first-order chi connectivity index (χ1) is 15.7. The Kier molecular flexibility index (Phi) is 6.34. The molecule has 4 aliphatic carbocycles. The van der Waals surface area contributed by atoms with Crippen molar-refractivity contribution in [3.05, 3.63) is 78.2 Å². The van der Waals surface area contributed by atoms with E-state index in [-0.39, 0.29) is 0 Å². The molecule has 2 fully saturated rings. The van der Waals surface area contributed by atoms with E-state index in [1.807, 2.05) is 0 Å². The molecule has 0 bridgehead atoms. The van der Waals surface area contributed by atoms with Gasteiger partial charge in [-0.25, -0.2) is 4.98 Å². The van der Waals surface area contributed by atoms with Crippen LogP contribution in [0.3, 0.4) is 0 Å². The fraction of sp³-hybridized carbons (Fsp3) is 0.483. The largest absolute Gasteiger partial charge is 0.284 e. The van der Waals surface area contributed by atoms with E-state index in [1.165, 1.54) is 38.5 Å². The smallest absolute Gasteiger partial charge is 0.0845 e. The van der Waals surface area contributed by atoms with E-state index in [9.17, 15) is 0 Å². The van der Waals surface area contributed by atoms with E-state index in [1.54, 1.807) is 0 Å². The van der Waals surface area contributed by atoms with Crippen molar-refractivity contribution in [2.45, 2.75) is 64.5 Å². The molecule has 1 aromatic heterocycles. The molecule has 0 saturated heterocycles. The molecule has 0 aliphatic heterocycles. The van der Waals surface area contributed by atoms with E-state index in [2.05, 4.69) is 80.7 Å². The lowest BCUT2D eigenvalue weighted by molar-refractivity contribution is 0.293. The van der Waals surface area contributed by atoms with Crippen LogP contribution in [0.15, 0.2) is 76.8 Å². The van der Waals surface area contributed by atoms with Gasteiger partial charge >= 0.3 is 0 Å². The number of allylic oxidation sites excluding steroid dienone is 6. The highest BCUT2D eigenvalue weighted by Crippen LogP contribution is 2.37. The summed E-state index contributed by atoms with van der Waals surface area (Å²) >= 11 is 0. The molecule has 0 N–H and O–H groups in total. The summed E-state index contributed by atoms with van der Waals surface area (Å²) in [6.45, 7) is 4.24. The maximum Gasteiger partial charge on any atom is 0.0845 e. The maximum atomic E-state index is 5.17. The lowest BCUT2D eigenvalue weighted by Crippen LogP contribution is -2.31. The Labute approximate surface area is 192 Å². The molecule has 1 heterocycles. The van der Waals surface area contributed by atoms with Gasteiger partial charge in [-0.1, -0.05) is 67.5 Å². The third kappa shape index (κ3) is 4.48. The van der Waals surface area contributed by atoms with Crippen LogP contribution in [-0.2, 0) is 0 Å². The minimum absolute atomic E-state index is 0.362. The number of rotatable bonds is 4. The Morgan fingerprint density at radius 2 is 1.16 bits per heavy atom. The van der Waals surface area contributed by atoms with Gasteiger partial charge in [0.15, 0.2) is 0 Å². The standard InChI is InChI=1S/C29H35N3/c1-20(30-28-18-7-12-22-10-3-5-14-24(22)28)26-16-9-17-27(32-26)21(2)31-29-19-8-13-23-11-4-6-15-25(23)29/h3-6,9-11,14-17,22-25,28-29H,7-8,12-13,18-19H2,1-2H3. The number of aromatic nitrogens is 1. The SMILES string of the molecule is CC(=NC1CCCC2C=CC=CC21)c1cccc(C(C)=NC2CCCC3C=CC=CC32)n1. The summed E-state index contributed by atoms with van der Waals surface area (Å²) in [6.07, 6.45) is 25.7. The Bertz CT molecular complexity index is 932. The van der Waals surface area contributed by atoms with E-state index < -0.39 is 0 Å². The minimum atomic E-state index is 0.362. The lowest BCUT2D eigenvalue weighted by atomic mass is 9.74. The topological polar surface area (TPSA) is 37.6 Å². The van der Waals surface area contributed by atoms with Crippen LogP contribution in [0.1, 0.15) is 63.8 Å². The number of pyridine rings is 1. The van der Waals surface area contributed by atoms with Crippen molar-refractivity contribution in [2.75, 3.05) is 0 Å². The molecule has 6 unspecified atom stereocenters. The normalized spacial score (nSPS) is 34.3. The molecule has 6 atom stereocenters. The van der Waals surface area contributed by atoms with Crippen LogP contribution in [-0.4, -0.2) is 28.5 Å². The quantitative estimate of drug-likeness (QED) is 0.506. The molecule has 3 nitrogen and oxygen atoms in total. The molecule has 0 aromatic carbocycles. The summed E-state index contributed by atoms with van der Waals surface area (Å²) in [5.41, 5.74) is 4.06. The van der Waals surface area contributed by atoms with Gasteiger partial charge in [0, 0.05) is 11.8 Å². The number of fused-ring (bicyclic) bond motifs is 2. The van der Waals surface area contributed by atoms with Gasteiger partial charge in [-0.05, 0) is 63.5 Å². The fourth-order valence-corrected chi connectivity index (χ4v) is 6.02. The van der Waals surface area contributed by atoms with Crippen LogP contribution in [0.2, 0.25) is 0 Å². The summed E-state index contributed by atoms with van der Waals surface area (Å²) in [6, 6.07) is 7.02. The van der Waals surface area contributed by atoms with Crippen molar-refractivity contribution in [1.82, 2.24) is 4.98 Å². The molecule has 3 heteroatoms. The molecule has 0 spiro atoms. The third-order valence-corrected chi connectivity index (χ3v) is 7.77. The van der Waals surface area contributed by atoms with Gasteiger partial charge in [0.05, 0.1) is 34.9 Å². The maximum absolute atomic E-state index is 5.17. The van der Waals surface area contributed by atoms with Crippen molar-refractivity contribution in [3.63, 3.8) is 0 Å². The average molecular weight is 426 g/mol. The Morgan fingerprint density at radius 3 is 1.66 bits per heavy atom. The van der Waals surface area contributed by atoms with Crippen LogP contribution >= 0.6 is 0 Å². The highest BCUT2D eigenvalue weighted by molar-refractivity contribution is 6.00. The third-order valence-electron chi connectivity index (χ3n) is 7.77. The van der Waals surface area contributed by atoms with Gasteiger partial charge in [-0.2, -0.15) is 0 Å². The predicted octanol–water partition coefficient (Wildman–Crippen LogP) is 6.52. The summed E-state index contributed by atoms with van der Waals surface area (Å²) in [4.78, 5) is 15.3. The van der Waals surface area contributed by atoms with Crippen molar-refractivity contribution in [2.24, 2.45) is 33.7 Å². The zero-order valence-corrected chi connectivity index (χ0v) is 19.4. The van der Waals surface area contributed by atoms with E-state index in [4.69, 9.17) is 15.0 Å². The molecule has 166 valence electrons. The summed E-state index contributed by atoms with van der Waals surface area (Å²) < 4.78 is 0. The lowest BCUT2D eigenvalue weighted by Gasteiger charge is -2.34. The molecule has 0 amide bonds. The van der Waals surface area contributed by atoms with Crippen LogP contribution in [0.4, 0.5) is 0 Å². The van der Waals surface area contributed by atoms with Gasteiger partial charge < -0.3 is 0 Å². The summed E-state index contributed by atoms with van der Waals surface area (Å²) in [7, 11) is 0. The minimum Gasteiger partial charge on any atom is -0.284 e. The molecular formula is C29H35N3.